The summed E-state index contributed by atoms with van der Waals surface area (Å²) in [5.74, 6) is 1.30. The molecule has 0 unspecified atom stereocenters. The van der Waals surface area contributed by atoms with E-state index in [-0.39, 0.29) is 5.91 Å². The molecule has 1 amide bonds. The maximum atomic E-state index is 12.4. The van der Waals surface area contributed by atoms with Crippen molar-refractivity contribution >= 4 is 11.6 Å². The molecule has 0 bridgehead atoms. The van der Waals surface area contributed by atoms with Gasteiger partial charge >= 0.3 is 0 Å². The Morgan fingerprint density at radius 3 is 2.13 bits per heavy atom. The maximum Gasteiger partial charge on any atom is 0.265 e. The fraction of sp³-hybridized carbons (Fsp3) is 0.316. The molecule has 23 heavy (non-hydrogen) atoms. The molecule has 1 atom stereocenters. The summed E-state index contributed by atoms with van der Waals surface area (Å²) in [5, 5.41) is 2.87. The number of nitrogens with one attached hydrogen (secondary N) is 1. The molecule has 0 aliphatic rings. The third-order valence-electron chi connectivity index (χ3n) is 3.63. The number of amides is 1. The summed E-state index contributed by atoms with van der Waals surface area (Å²) in [6.07, 6.45) is 1.05. The zero-order valence-electron chi connectivity index (χ0n) is 13.8. The molecule has 0 saturated heterocycles. The number of ether oxygens (including phenoxy) is 2. The molecule has 0 fully saturated rings. The molecule has 1 N–H and O–H groups in total. The third kappa shape index (κ3) is 4.74. The largest absolute Gasteiger partial charge is 0.497 e. The Hall–Kier alpha value is -2.49. The summed E-state index contributed by atoms with van der Waals surface area (Å²) in [7, 11) is 1.61. The van der Waals surface area contributed by atoms with Crippen molar-refractivity contribution in [1.29, 1.82) is 0 Å². The second-order valence-electron chi connectivity index (χ2n) is 5.23. The topological polar surface area (TPSA) is 47.6 Å². The van der Waals surface area contributed by atoms with Crippen molar-refractivity contribution in [1.82, 2.24) is 0 Å². The number of hydrogen-bond acceptors (Lipinski definition) is 3. The van der Waals surface area contributed by atoms with Gasteiger partial charge in [-0.15, -0.1) is 0 Å². The number of methoxy groups -OCH3 is 1. The molecule has 0 aromatic heterocycles. The molecule has 2 aromatic rings. The highest BCUT2D eigenvalue weighted by Gasteiger charge is 2.18. The average Bonchev–Trinajstić information content (AvgIpc) is 2.60. The lowest BCUT2D eigenvalue weighted by Crippen LogP contribution is -2.32. The highest BCUT2D eigenvalue weighted by Crippen LogP contribution is 2.18. The van der Waals surface area contributed by atoms with Gasteiger partial charge in [-0.2, -0.15) is 0 Å². The Bertz CT molecular complexity index is 620. The quantitative estimate of drug-likeness (QED) is 0.838. The van der Waals surface area contributed by atoms with E-state index in [0.717, 1.165) is 17.9 Å². The van der Waals surface area contributed by atoms with Crippen LogP contribution in [0.25, 0.3) is 0 Å². The first-order valence-corrected chi connectivity index (χ1v) is 7.86. The second kappa shape index (κ2) is 8.22. The van der Waals surface area contributed by atoms with Crippen molar-refractivity contribution in [2.24, 2.45) is 0 Å². The summed E-state index contributed by atoms with van der Waals surface area (Å²) < 4.78 is 10.9. The van der Waals surface area contributed by atoms with E-state index < -0.39 is 6.10 Å². The fourth-order valence-electron chi connectivity index (χ4n) is 2.19. The molecule has 0 spiro atoms. The lowest BCUT2D eigenvalue weighted by Gasteiger charge is -2.17. The summed E-state index contributed by atoms with van der Waals surface area (Å²) in [6.45, 7) is 4.03. The smallest absolute Gasteiger partial charge is 0.265 e. The highest BCUT2D eigenvalue weighted by atomic mass is 16.5. The number of carbonyl (C=O) groups is 1. The predicted molar refractivity (Wildman–Crippen MR) is 92.2 cm³/mol. The Balaban J connectivity index is 1.99. The lowest BCUT2D eigenvalue weighted by atomic mass is 10.1. The van der Waals surface area contributed by atoms with E-state index in [1.807, 2.05) is 31.2 Å². The molecule has 0 saturated carbocycles. The average molecular weight is 313 g/mol. The van der Waals surface area contributed by atoms with Gasteiger partial charge in [-0.25, -0.2) is 0 Å². The van der Waals surface area contributed by atoms with E-state index in [9.17, 15) is 4.79 Å². The van der Waals surface area contributed by atoms with E-state index >= 15 is 0 Å². The van der Waals surface area contributed by atoms with Crippen LogP contribution in [0.2, 0.25) is 0 Å². The predicted octanol–water partition coefficient (Wildman–Crippen LogP) is 4.05. The Morgan fingerprint density at radius 1 is 1.00 bits per heavy atom. The van der Waals surface area contributed by atoms with Crippen molar-refractivity contribution in [2.45, 2.75) is 32.8 Å². The van der Waals surface area contributed by atoms with Crippen LogP contribution in [0.1, 0.15) is 25.8 Å². The van der Waals surface area contributed by atoms with Crippen LogP contribution in [0.5, 0.6) is 11.5 Å². The van der Waals surface area contributed by atoms with Crippen LogP contribution in [0.3, 0.4) is 0 Å². The van der Waals surface area contributed by atoms with E-state index in [4.69, 9.17) is 9.47 Å². The van der Waals surface area contributed by atoms with Crippen LogP contribution in [0.4, 0.5) is 5.69 Å². The standard InChI is InChI=1S/C19H23NO3/c1-4-14-6-10-17(11-7-14)23-18(5-2)19(21)20-15-8-12-16(22-3)13-9-15/h6-13,18H,4-5H2,1-3H3,(H,20,21)/t18-/m0/s1. The summed E-state index contributed by atoms with van der Waals surface area (Å²) in [5.41, 5.74) is 1.97. The van der Waals surface area contributed by atoms with Crippen molar-refractivity contribution in [3.8, 4) is 11.5 Å². The van der Waals surface area contributed by atoms with Crippen molar-refractivity contribution in [3.05, 3.63) is 54.1 Å². The third-order valence-corrected chi connectivity index (χ3v) is 3.63. The Labute approximate surface area is 137 Å². The zero-order valence-corrected chi connectivity index (χ0v) is 13.8. The summed E-state index contributed by atoms with van der Waals surface area (Å²) in [6, 6.07) is 15.1. The molecular weight excluding hydrogens is 290 g/mol. The van der Waals surface area contributed by atoms with Crippen LogP contribution in [-0.4, -0.2) is 19.1 Å². The number of hydrogen-bond donors (Lipinski definition) is 1. The SMILES string of the molecule is CCc1ccc(O[C@@H](CC)C(=O)Nc2ccc(OC)cc2)cc1. The van der Waals surface area contributed by atoms with Gasteiger partial charge in [0, 0.05) is 5.69 Å². The number of aryl methyl sites for hydroxylation is 1. The summed E-state index contributed by atoms with van der Waals surface area (Å²) in [4.78, 5) is 12.4. The molecule has 0 aliphatic carbocycles. The zero-order chi connectivity index (χ0) is 16.7. The van der Waals surface area contributed by atoms with Gasteiger partial charge in [0.15, 0.2) is 6.10 Å². The molecule has 122 valence electrons. The van der Waals surface area contributed by atoms with E-state index in [1.54, 1.807) is 31.4 Å². The van der Waals surface area contributed by atoms with Crippen LogP contribution < -0.4 is 14.8 Å². The van der Waals surface area contributed by atoms with Crippen molar-refractivity contribution in [2.75, 3.05) is 12.4 Å². The summed E-state index contributed by atoms with van der Waals surface area (Å²) >= 11 is 0. The Kier molecular flexibility index (Phi) is 6.03. The van der Waals surface area contributed by atoms with Gasteiger partial charge in [0.2, 0.25) is 0 Å². The number of benzene rings is 2. The van der Waals surface area contributed by atoms with E-state index in [1.165, 1.54) is 5.56 Å². The number of anilines is 1. The maximum absolute atomic E-state index is 12.4. The van der Waals surface area contributed by atoms with Gasteiger partial charge in [0.25, 0.3) is 5.91 Å². The van der Waals surface area contributed by atoms with Gasteiger partial charge in [-0.1, -0.05) is 26.0 Å². The van der Waals surface area contributed by atoms with Crippen molar-refractivity contribution in [3.63, 3.8) is 0 Å². The molecule has 0 aliphatic heterocycles. The molecule has 0 radical (unpaired) electrons. The number of carbonyl (C=O) groups excluding carboxylic acids is 1. The molecule has 4 heteroatoms. The molecule has 4 nitrogen and oxygen atoms in total. The number of rotatable bonds is 7. The van der Waals surface area contributed by atoms with Gasteiger partial charge in [-0.05, 0) is 54.8 Å². The van der Waals surface area contributed by atoms with Gasteiger partial charge in [-0.3, -0.25) is 4.79 Å². The minimum absolute atomic E-state index is 0.155. The van der Waals surface area contributed by atoms with Crippen LogP contribution in [0.15, 0.2) is 48.5 Å². The monoisotopic (exact) mass is 313 g/mol. The lowest BCUT2D eigenvalue weighted by molar-refractivity contribution is -0.122. The molecule has 2 aromatic carbocycles. The van der Waals surface area contributed by atoms with E-state index in [0.29, 0.717) is 12.2 Å². The van der Waals surface area contributed by atoms with Gasteiger partial charge in [0.1, 0.15) is 11.5 Å². The van der Waals surface area contributed by atoms with Crippen LogP contribution in [0, 0.1) is 0 Å². The highest BCUT2D eigenvalue weighted by molar-refractivity contribution is 5.94. The molecule has 0 heterocycles. The Morgan fingerprint density at radius 2 is 1.61 bits per heavy atom. The van der Waals surface area contributed by atoms with Gasteiger partial charge in [0.05, 0.1) is 7.11 Å². The molecule has 2 rings (SSSR count). The van der Waals surface area contributed by atoms with Gasteiger partial charge < -0.3 is 14.8 Å². The van der Waals surface area contributed by atoms with E-state index in [2.05, 4.69) is 12.2 Å². The van der Waals surface area contributed by atoms with Crippen LogP contribution in [-0.2, 0) is 11.2 Å². The first kappa shape index (κ1) is 16.9. The second-order valence-corrected chi connectivity index (χ2v) is 5.23. The van der Waals surface area contributed by atoms with Crippen LogP contribution >= 0.6 is 0 Å². The molecular formula is C19H23NO3. The minimum Gasteiger partial charge on any atom is -0.497 e. The normalized spacial score (nSPS) is 11.6. The first-order chi connectivity index (χ1) is 11.2. The first-order valence-electron chi connectivity index (χ1n) is 7.86. The minimum atomic E-state index is -0.524. The fourth-order valence-corrected chi connectivity index (χ4v) is 2.19. The van der Waals surface area contributed by atoms with Crippen molar-refractivity contribution < 1.29 is 14.3 Å².